The van der Waals surface area contributed by atoms with E-state index in [1.807, 2.05) is 6.07 Å². The molecule has 1 saturated heterocycles. The first-order chi connectivity index (χ1) is 16.4. The number of carbonyl (C=O) groups is 2. The molecular weight excluding hydrogens is 445 g/mol. The lowest BCUT2D eigenvalue weighted by atomic mass is 10.0. The average molecular weight is 469 g/mol. The summed E-state index contributed by atoms with van der Waals surface area (Å²) in [5.41, 5.74) is 1.28. The number of carbonyl (C=O) groups excluding carboxylic acids is 2. The van der Waals surface area contributed by atoms with Gasteiger partial charge in [0.2, 0.25) is 5.91 Å². The molecule has 0 spiro atoms. The maximum absolute atomic E-state index is 14.7. The Morgan fingerprint density at radius 1 is 1.29 bits per heavy atom. The predicted octanol–water partition coefficient (Wildman–Crippen LogP) is 1.03. The molecule has 4 rings (SSSR count). The Morgan fingerprint density at radius 2 is 2.09 bits per heavy atom. The summed E-state index contributed by atoms with van der Waals surface area (Å²) in [5, 5.41) is 30.8. The normalized spacial score (nSPS) is 20.8. The van der Waals surface area contributed by atoms with Crippen LogP contribution in [0.25, 0.3) is 11.3 Å². The number of nitrogens with zero attached hydrogens (tertiary/aromatic N) is 4. The van der Waals surface area contributed by atoms with E-state index in [0.29, 0.717) is 17.1 Å². The number of piperidine rings is 1. The molecule has 0 bridgehead atoms. The van der Waals surface area contributed by atoms with Gasteiger partial charge in [-0.15, -0.1) is 0 Å². The van der Waals surface area contributed by atoms with Crippen molar-refractivity contribution in [2.75, 3.05) is 25.0 Å². The Kier molecular flexibility index (Phi) is 7.00. The third-order valence-corrected chi connectivity index (χ3v) is 5.79. The molecule has 2 fully saturated rings. The number of halogens is 1. The van der Waals surface area contributed by atoms with E-state index < -0.39 is 30.9 Å². The molecule has 1 aliphatic carbocycles. The van der Waals surface area contributed by atoms with Gasteiger partial charge in [0.1, 0.15) is 30.1 Å². The van der Waals surface area contributed by atoms with Crippen LogP contribution in [0.5, 0.6) is 5.75 Å². The standard InChI is InChI=1S/C23H24FN5O5/c24-16-10-29(23(33)18(31)11-30)6-5-20(16)34-19-4-3-14(7-15(19)9-25)17-8-21(27-12-26-17)28-22(32)13-1-2-13/h3-4,7-8,12-13,16,18,20,30-31H,1-2,5-6,10-11H2,(H,26,27,28,32)/t16-,18+,20+/m1/s1. The highest BCUT2D eigenvalue weighted by atomic mass is 19.1. The number of ether oxygens (including phenoxy) is 1. The molecule has 2 heterocycles. The van der Waals surface area contributed by atoms with Crippen LogP contribution in [0.1, 0.15) is 24.8 Å². The molecule has 11 heteroatoms. The number of nitrogens with one attached hydrogen (secondary N) is 1. The number of rotatable bonds is 7. The van der Waals surface area contributed by atoms with Gasteiger partial charge < -0.3 is 25.2 Å². The quantitative estimate of drug-likeness (QED) is 0.545. The zero-order valence-electron chi connectivity index (χ0n) is 18.2. The van der Waals surface area contributed by atoms with Crippen molar-refractivity contribution in [3.05, 3.63) is 36.2 Å². The van der Waals surface area contributed by atoms with Crippen molar-refractivity contribution in [3.8, 4) is 23.1 Å². The molecule has 1 aromatic heterocycles. The molecule has 1 saturated carbocycles. The number of aliphatic hydroxyl groups is 2. The Morgan fingerprint density at radius 3 is 2.76 bits per heavy atom. The van der Waals surface area contributed by atoms with Gasteiger partial charge in [0.25, 0.3) is 5.91 Å². The van der Waals surface area contributed by atoms with E-state index in [0.717, 1.165) is 17.7 Å². The Labute approximate surface area is 195 Å². The maximum Gasteiger partial charge on any atom is 0.253 e. The second-order valence-corrected chi connectivity index (χ2v) is 8.32. The molecule has 0 unspecified atom stereocenters. The lowest BCUT2D eigenvalue weighted by Gasteiger charge is -2.35. The monoisotopic (exact) mass is 469 g/mol. The second kappa shape index (κ2) is 10.1. The lowest BCUT2D eigenvalue weighted by Crippen LogP contribution is -2.52. The van der Waals surface area contributed by atoms with Crippen molar-refractivity contribution in [2.24, 2.45) is 5.92 Å². The smallest absolute Gasteiger partial charge is 0.253 e. The number of nitriles is 1. The number of aliphatic hydroxyl groups excluding tert-OH is 2. The first-order valence-corrected chi connectivity index (χ1v) is 11.0. The van der Waals surface area contributed by atoms with Crippen LogP contribution in [0.2, 0.25) is 0 Å². The number of likely N-dealkylation sites (tertiary alicyclic amines) is 1. The largest absolute Gasteiger partial charge is 0.486 e. The zero-order chi connectivity index (χ0) is 24.2. The molecule has 3 N–H and O–H groups in total. The first-order valence-electron chi connectivity index (χ1n) is 11.0. The van der Waals surface area contributed by atoms with Crippen molar-refractivity contribution < 1.29 is 28.9 Å². The molecule has 10 nitrogen and oxygen atoms in total. The Balaban J connectivity index is 1.44. The molecule has 1 aliphatic heterocycles. The second-order valence-electron chi connectivity index (χ2n) is 8.32. The van der Waals surface area contributed by atoms with E-state index in [1.54, 1.807) is 24.3 Å². The lowest BCUT2D eigenvalue weighted by molar-refractivity contribution is -0.146. The zero-order valence-corrected chi connectivity index (χ0v) is 18.2. The van der Waals surface area contributed by atoms with E-state index in [-0.39, 0.29) is 42.6 Å². The molecule has 3 atom stereocenters. The summed E-state index contributed by atoms with van der Waals surface area (Å²) >= 11 is 0. The van der Waals surface area contributed by atoms with Crippen LogP contribution in [0.15, 0.2) is 30.6 Å². The summed E-state index contributed by atoms with van der Waals surface area (Å²) in [6.07, 6.45) is -0.761. The number of aromatic nitrogens is 2. The molecule has 2 aliphatic rings. The van der Waals surface area contributed by atoms with Gasteiger partial charge in [0.05, 0.1) is 24.4 Å². The number of alkyl halides is 1. The van der Waals surface area contributed by atoms with E-state index in [9.17, 15) is 24.3 Å². The van der Waals surface area contributed by atoms with Crippen molar-refractivity contribution in [1.29, 1.82) is 5.26 Å². The van der Waals surface area contributed by atoms with Crippen LogP contribution in [0.4, 0.5) is 10.2 Å². The van der Waals surface area contributed by atoms with Gasteiger partial charge in [-0.05, 0) is 31.0 Å². The van der Waals surface area contributed by atoms with Crippen LogP contribution in [-0.4, -0.2) is 75.0 Å². The third-order valence-electron chi connectivity index (χ3n) is 5.79. The minimum atomic E-state index is -1.58. The number of hydrogen-bond donors (Lipinski definition) is 3. The van der Waals surface area contributed by atoms with Gasteiger partial charge in [-0.1, -0.05) is 0 Å². The minimum Gasteiger partial charge on any atom is -0.486 e. The van der Waals surface area contributed by atoms with E-state index >= 15 is 0 Å². The topological polar surface area (TPSA) is 149 Å². The number of hydrogen-bond acceptors (Lipinski definition) is 8. The summed E-state index contributed by atoms with van der Waals surface area (Å²) in [4.78, 5) is 33.4. The summed E-state index contributed by atoms with van der Waals surface area (Å²) in [6, 6.07) is 8.45. The molecule has 0 radical (unpaired) electrons. The molecule has 2 amide bonds. The van der Waals surface area contributed by atoms with Crippen molar-refractivity contribution in [2.45, 2.75) is 37.6 Å². The summed E-state index contributed by atoms with van der Waals surface area (Å²) < 4.78 is 20.5. The molecule has 1 aromatic carbocycles. The van der Waals surface area contributed by atoms with Gasteiger partial charge in [0.15, 0.2) is 12.3 Å². The summed E-state index contributed by atoms with van der Waals surface area (Å²) in [7, 11) is 0. The van der Waals surface area contributed by atoms with Crippen molar-refractivity contribution in [3.63, 3.8) is 0 Å². The molecule has 178 valence electrons. The van der Waals surface area contributed by atoms with Crippen molar-refractivity contribution in [1.82, 2.24) is 14.9 Å². The van der Waals surface area contributed by atoms with Crippen LogP contribution < -0.4 is 10.1 Å². The SMILES string of the molecule is N#Cc1cc(-c2cc(NC(=O)C3CC3)ncn2)ccc1O[C@H]1CCN(C(=O)[C@@H](O)CO)C[C@H]1F. The fraction of sp³-hybridized carbons (Fsp3) is 0.435. The van der Waals surface area contributed by atoms with Crippen molar-refractivity contribution >= 4 is 17.6 Å². The Bertz CT molecular complexity index is 1120. The highest BCUT2D eigenvalue weighted by molar-refractivity contribution is 5.93. The van der Waals surface area contributed by atoms with E-state index in [1.165, 1.54) is 6.33 Å². The Hall–Kier alpha value is -3.62. The fourth-order valence-electron chi connectivity index (χ4n) is 3.70. The van der Waals surface area contributed by atoms with Crippen LogP contribution in [-0.2, 0) is 9.59 Å². The molecule has 2 aromatic rings. The number of anilines is 1. The van der Waals surface area contributed by atoms with E-state index in [2.05, 4.69) is 15.3 Å². The van der Waals surface area contributed by atoms with Gasteiger partial charge >= 0.3 is 0 Å². The highest BCUT2D eigenvalue weighted by Gasteiger charge is 2.35. The van der Waals surface area contributed by atoms with Gasteiger partial charge in [0, 0.05) is 30.5 Å². The summed E-state index contributed by atoms with van der Waals surface area (Å²) in [5.74, 6) is -0.211. The van der Waals surface area contributed by atoms with Gasteiger partial charge in [-0.3, -0.25) is 9.59 Å². The average Bonchev–Trinajstić information content (AvgIpc) is 3.70. The third kappa shape index (κ3) is 5.30. The minimum absolute atomic E-state index is 0.0316. The first kappa shape index (κ1) is 23.5. The van der Waals surface area contributed by atoms with E-state index in [4.69, 9.17) is 9.84 Å². The van der Waals surface area contributed by atoms with Crippen LogP contribution in [0, 0.1) is 17.2 Å². The molecular formula is C23H24FN5O5. The maximum atomic E-state index is 14.7. The molecule has 34 heavy (non-hydrogen) atoms. The number of benzene rings is 1. The fourth-order valence-corrected chi connectivity index (χ4v) is 3.70. The van der Waals surface area contributed by atoms with Crippen LogP contribution >= 0.6 is 0 Å². The highest BCUT2D eigenvalue weighted by Crippen LogP contribution is 2.31. The van der Waals surface area contributed by atoms with Gasteiger partial charge in [-0.2, -0.15) is 5.26 Å². The summed E-state index contributed by atoms with van der Waals surface area (Å²) in [6.45, 7) is -0.862. The van der Waals surface area contributed by atoms with Crippen LogP contribution in [0.3, 0.4) is 0 Å². The predicted molar refractivity (Wildman–Crippen MR) is 117 cm³/mol. The number of amides is 2. The van der Waals surface area contributed by atoms with Gasteiger partial charge in [-0.25, -0.2) is 14.4 Å².